The van der Waals surface area contributed by atoms with Crippen molar-refractivity contribution in [2.75, 3.05) is 0 Å². The van der Waals surface area contributed by atoms with E-state index in [0.29, 0.717) is 21.5 Å². The SMILES string of the molecule is CC1CCC/C(=N\NC(=O)c2ccc(Cl)c(Cl)c2)C1. The molecule has 5 heteroatoms. The highest BCUT2D eigenvalue weighted by atomic mass is 35.5. The predicted octanol–water partition coefficient (Wildman–Crippen LogP) is 4.29. The van der Waals surface area contributed by atoms with Crippen molar-refractivity contribution in [3.8, 4) is 0 Å². The van der Waals surface area contributed by atoms with E-state index >= 15 is 0 Å². The summed E-state index contributed by atoms with van der Waals surface area (Å²) in [6.45, 7) is 2.20. The van der Waals surface area contributed by atoms with Crippen LogP contribution in [0.15, 0.2) is 23.3 Å². The molecule has 1 amide bonds. The van der Waals surface area contributed by atoms with Crippen LogP contribution < -0.4 is 5.43 Å². The molecule has 0 radical (unpaired) electrons. The number of carbonyl (C=O) groups excluding carboxylic acids is 1. The summed E-state index contributed by atoms with van der Waals surface area (Å²) in [5.74, 6) is 0.388. The second-order valence-electron chi connectivity index (χ2n) is 4.95. The maximum absolute atomic E-state index is 11.9. The maximum atomic E-state index is 11.9. The number of halogens is 2. The normalized spacial score (nSPS) is 21.4. The van der Waals surface area contributed by atoms with Crippen molar-refractivity contribution in [2.45, 2.75) is 32.6 Å². The number of hydrazone groups is 1. The van der Waals surface area contributed by atoms with Gasteiger partial charge in [0.1, 0.15) is 0 Å². The molecular formula is C14H16Cl2N2O. The fraction of sp³-hybridized carbons (Fsp3) is 0.429. The quantitative estimate of drug-likeness (QED) is 0.813. The van der Waals surface area contributed by atoms with Gasteiger partial charge >= 0.3 is 0 Å². The molecule has 0 saturated heterocycles. The third-order valence-corrected chi connectivity index (χ3v) is 3.98. The van der Waals surface area contributed by atoms with E-state index in [1.807, 2.05) is 0 Å². The number of hydrogen-bond acceptors (Lipinski definition) is 2. The minimum Gasteiger partial charge on any atom is -0.267 e. The molecular weight excluding hydrogens is 283 g/mol. The minimum atomic E-state index is -0.260. The third-order valence-electron chi connectivity index (χ3n) is 3.24. The molecule has 3 nitrogen and oxygen atoms in total. The lowest BCUT2D eigenvalue weighted by Crippen LogP contribution is -2.22. The standard InChI is InChI=1S/C14H16Cl2N2O/c1-9-3-2-4-11(7-9)17-18-14(19)10-5-6-12(15)13(16)8-10/h5-6,8-9H,2-4,7H2,1H3,(H,18,19)/b17-11+. The predicted molar refractivity (Wildman–Crippen MR) is 79.0 cm³/mol. The van der Waals surface area contributed by atoms with E-state index in [-0.39, 0.29) is 5.91 Å². The molecule has 1 N–H and O–H groups in total. The van der Waals surface area contributed by atoms with Crippen LogP contribution in [0.1, 0.15) is 43.0 Å². The van der Waals surface area contributed by atoms with Gasteiger partial charge in [0.2, 0.25) is 0 Å². The summed E-state index contributed by atoms with van der Waals surface area (Å²) in [6, 6.07) is 4.78. The minimum absolute atomic E-state index is 0.260. The molecule has 0 bridgehead atoms. The third kappa shape index (κ3) is 3.95. The number of nitrogens with zero attached hydrogens (tertiary/aromatic N) is 1. The molecule has 1 saturated carbocycles. The highest BCUT2D eigenvalue weighted by Gasteiger charge is 2.14. The summed E-state index contributed by atoms with van der Waals surface area (Å²) in [7, 11) is 0. The first-order valence-electron chi connectivity index (χ1n) is 6.37. The molecule has 1 fully saturated rings. The van der Waals surface area contributed by atoms with Crippen molar-refractivity contribution in [2.24, 2.45) is 11.0 Å². The Bertz CT molecular complexity index is 514. The summed E-state index contributed by atoms with van der Waals surface area (Å²) in [4.78, 5) is 11.9. The van der Waals surface area contributed by atoms with Crippen molar-refractivity contribution >= 4 is 34.8 Å². The first-order valence-corrected chi connectivity index (χ1v) is 7.12. The van der Waals surface area contributed by atoms with Crippen LogP contribution in [-0.2, 0) is 0 Å². The zero-order chi connectivity index (χ0) is 13.8. The number of nitrogens with one attached hydrogen (secondary N) is 1. The Morgan fingerprint density at radius 2 is 2.16 bits per heavy atom. The summed E-state index contributed by atoms with van der Waals surface area (Å²) >= 11 is 11.7. The summed E-state index contributed by atoms with van der Waals surface area (Å²) < 4.78 is 0. The monoisotopic (exact) mass is 298 g/mol. The van der Waals surface area contributed by atoms with Gasteiger partial charge in [-0.1, -0.05) is 30.1 Å². The van der Waals surface area contributed by atoms with E-state index in [0.717, 1.165) is 25.0 Å². The zero-order valence-corrected chi connectivity index (χ0v) is 12.3. The molecule has 1 aliphatic carbocycles. The van der Waals surface area contributed by atoms with E-state index in [1.165, 1.54) is 6.42 Å². The molecule has 1 atom stereocenters. The number of rotatable bonds is 2. The second-order valence-corrected chi connectivity index (χ2v) is 5.76. The van der Waals surface area contributed by atoms with Crippen LogP contribution in [0.4, 0.5) is 0 Å². The van der Waals surface area contributed by atoms with E-state index < -0.39 is 0 Å². The van der Waals surface area contributed by atoms with Crippen molar-refractivity contribution in [1.29, 1.82) is 0 Å². The number of hydrogen-bond donors (Lipinski definition) is 1. The Labute approximate surface area is 123 Å². The van der Waals surface area contributed by atoms with Crippen molar-refractivity contribution < 1.29 is 4.79 Å². The van der Waals surface area contributed by atoms with Crippen LogP contribution in [-0.4, -0.2) is 11.6 Å². The van der Waals surface area contributed by atoms with Crippen LogP contribution in [0.3, 0.4) is 0 Å². The van der Waals surface area contributed by atoms with Crippen molar-refractivity contribution in [3.63, 3.8) is 0 Å². The van der Waals surface area contributed by atoms with E-state index in [2.05, 4.69) is 17.5 Å². The van der Waals surface area contributed by atoms with Gasteiger partial charge in [-0.15, -0.1) is 0 Å². The van der Waals surface area contributed by atoms with Crippen molar-refractivity contribution in [1.82, 2.24) is 5.43 Å². The first-order chi connectivity index (χ1) is 9.06. The maximum Gasteiger partial charge on any atom is 0.271 e. The lowest BCUT2D eigenvalue weighted by molar-refractivity contribution is 0.0954. The summed E-state index contributed by atoms with van der Waals surface area (Å²) in [5.41, 5.74) is 4.11. The Morgan fingerprint density at radius 1 is 1.37 bits per heavy atom. The van der Waals surface area contributed by atoms with Gasteiger partial charge in [0, 0.05) is 11.3 Å². The van der Waals surface area contributed by atoms with Crippen LogP contribution >= 0.6 is 23.2 Å². The van der Waals surface area contributed by atoms with Gasteiger partial charge in [-0.3, -0.25) is 4.79 Å². The van der Waals surface area contributed by atoms with Crippen LogP contribution in [0.2, 0.25) is 10.0 Å². The lowest BCUT2D eigenvalue weighted by Gasteiger charge is -2.18. The van der Waals surface area contributed by atoms with Crippen LogP contribution in [0, 0.1) is 5.92 Å². The average molecular weight is 299 g/mol. The Kier molecular flexibility index (Phi) is 4.83. The molecule has 1 aromatic rings. The van der Waals surface area contributed by atoms with E-state index in [4.69, 9.17) is 23.2 Å². The molecule has 2 rings (SSSR count). The summed E-state index contributed by atoms with van der Waals surface area (Å²) in [5, 5.41) is 5.01. The molecule has 1 aliphatic rings. The van der Waals surface area contributed by atoms with Gasteiger partial charge in [-0.25, -0.2) is 5.43 Å². The Morgan fingerprint density at radius 3 is 2.84 bits per heavy atom. The van der Waals surface area contributed by atoms with E-state index in [9.17, 15) is 4.79 Å². The van der Waals surface area contributed by atoms with Gasteiger partial charge in [0.25, 0.3) is 5.91 Å². The van der Waals surface area contributed by atoms with Gasteiger partial charge in [0.05, 0.1) is 10.0 Å². The molecule has 0 aliphatic heterocycles. The fourth-order valence-corrected chi connectivity index (χ4v) is 2.49. The average Bonchev–Trinajstić information content (AvgIpc) is 2.39. The summed E-state index contributed by atoms with van der Waals surface area (Å²) in [6.07, 6.45) is 4.30. The van der Waals surface area contributed by atoms with Gasteiger partial charge in [-0.05, 0) is 49.8 Å². The molecule has 1 aromatic carbocycles. The zero-order valence-electron chi connectivity index (χ0n) is 10.7. The van der Waals surface area contributed by atoms with Crippen LogP contribution in [0.5, 0.6) is 0 Å². The van der Waals surface area contributed by atoms with Gasteiger partial charge in [-0.2, -0.15) is 5.10 Å². The van der Waals surface area contributed by atoms with Crippen LogP contribution in [0.25, 0.3) is 0 Å². The molecule has 102 valence electrons. The van der Waals surface area contributed by atoms with E-state index in [1.54, 1.807) is 18.2 Å². The molecule has 0 spiro atoms. The van der Waals surface area contributed by atoms with Gasteiger partial charge in [0.15, 0.2) is 0 Å². The molecule has 0 heterocycles. The number of carbonyl (C=O) groups is 1. The topological polar surface area (TPSA) is 41.5 Å². The fourth-order valence-electron chi connectivity index (χ4n) is 2.19. The highest BCUT2D eigenvalue weighted by molar-refractivity contribution is 6.42. The second kappa shape index (κ2) is 6.40. The Hall–Kier alpha value is -1.06. The van der Waals surface area contributed by atoms with Gasteiger partial charge < -0.3 is 0 Å². The lowest BCUT2D eigenvalue weighted by atomic mass is 9.89. The molecule has 1 unspecified atom stereocenters. The smallest absolute Gasteiger partial charge is 0.267 e. The number of benzene rings is 1. The molecule has 19 heavy (non-hydrogen) atoms. The first kappa shape index (κ1) is 14.4. The van der Waals surface area contributed by atoms with Crippen molar-refractivity contribution in [3.05, 3.63) is 33.8 Å². The number of amides is 1. The highest BCUT2D eigenvalue weighted by Crippen LogP contribution is 2.23. The largest absolute Gasteiger partial charge is 0.271 e. The Balaban J connectivity index is 2.00. The molecule has 0 aromatic heterocycles.